The summed E-state index contributed by atoms with van der Waals surface area (Å²) >= 11 is 12.0. The first-order valence-corrected chi connectivity index (χ1v) is 11.3. The second kappa shape index (κ2) is 9.38. The van der Waals surface area contributed by atoms with Crippen LogP contribution in [0, 0.1) is 0 Å². The summed E-state index contributed by atoms with van der Waals surface area (Å²) in [6.07, 6.45) is -0.171. The van der Waals surface area contributed by atoms with Gasteiger partial charge >= 0.3 is 0 Å². The van der Waals surface area contributed by atoms with E-state index in [0.29, 0.717) is 18.8 Å². The van der Waals surface area contributed by atoms with E-state index in [0.717, 1.165) is 0 Å². The fourth-order valence-electron chi connectivity index (χ4n) is 2.78. The number of halogens is 2. The number of nitrogens with one attached hydrogen (secondary N) is 1. The Morgan fingerprint density at radius 2 is 1.83 bits per heavy atom. The Labute approximate surface area is 181 Å². The van der Waals surface area contributed by atoms with Crippen LogP contribution in [0.2, 0.25) is 10.2 Å². The number of carbonyl (C=O) groups is 1. The third-order valence-electron chi connectivity index (χ3n) is 4.25. The largest absolute Gasteiger partial charge is 0.489 e. The zero-order chi connectivity index (χ0) is 21.9. The summed E-state index contributed by atoms with van der Waals surface area (Å²) in [5, 5.41) is 3.19. The number of sulfonamides is 1. The van der Waals surface area contributed by atoms with Crippen LogP contribution in [0.15, 0.2) is 29.2 Å². The molecule has 0 aliphatic heterocycles. The molecule has 160 valence electrons. The lowest BCUT2D eigenvalue weighted by atomic mass is 10.2. The van der Waals surface area contributed by atoms with Crippen molar-refractivity contribution in [3.63, 3.8) is 0 Å². The minimum Gasteiger partial charge on any atom is -0.489 e. The van der Waals surface area contributed by atoms with Crippen molar-refractivity contribution in [2.45, 2.75) is 38.7 Å². The van der Waals surface area contributed by atoms with Gasteiger partial charge in [0.25, 0.3) is 5.91 Å². The van der Waals surface area contributed by atoms with E-state index in [-0.39, 0.29) is 32.6 Å². The number of rotatable bonds is 8. The van der Waals surface area contributed by atoms with Gasteiger partial charge in [-0.3, -0.25) is 4.79 Å². The van der Waals surface area contributed by atoms with Crippen LogP contribution >= 0.6 is 23.2 Å². The van der Waals surface area contributed by atoms with Gasteiger partial charge in [0.05, 0.1) is 21.7 Å². The molecule has 1 aromatic carbocycles. The fraction of sp³-hybridized carbons (Fsp3) is 0.421. The van der Waals surface area contributed by atoms with E-state index < -0.39 is 15.9 Å². The van der Waals surface area contributed by atoms with Crippen molar-refractivity contribution in [3.8, 4) is 5.75 Å². The van der Waals surface area contributed by atoms with E-state index in [1.165, 1.54) is 33.1 Å². The Balaban J connectivity index is 2.49. The number of aromatic nitrogens is 1. The van der Waals surface area contributed by atoms with E-state index >= 15 is 0 Å². The lowest BCUT2D eigenvalue weighted by Gasteiger charge is -2.20. The summed E-state index contributed by atoms with van der Waals surface area (Å²) < 4.78 is 34.3. The number of amides is 1. The van der Waals surface area contributed by atoms with Crippen molar-refractivity contribution >= 4 is 44.8 Å². The molecule has 0 fully saturated rings. The summed E-state index contributed by atoms with van der Waals surface area (Å²) in [7, 11) is -2.09. The fourth-order valence-corrected chi connectivity index (χ4v) is 4.64. The topological polar surface area (TPSA) is 80.6 Å². The second-order valence-electron chi connectivity index (χ2n) is 6.60. The molecule has 0 bridgehead atoms. The molecule has 2 aromatic rings. The molecule has 0 saturated carbocycles. The predicted molar refractivity (Wildman–Crippen MR) is 116 cm³/mol. The van der Waals surface area contributed by atoms with Gasteiger partial charge in [-0.05, 0) is 38.1 Å². The van der Waals surface area contributed by atoms with Crippen LogP contribution in [0.5, 0.6) is 5.75 Å². The Kier molecular flexibility index (Phi) is 7.62. The van der Waals surface area contributed by atoms with E-state index in [9.17, 15) is 13.2 Å². The van der Waals surface area contributed by atoms with Gasteiger partial charge in [-0.1, -0.05) is 37.0 Å². The maximum absolute atomic E-state index is 12.9. The van der Waals surface area contributed by atoms with Crippen molar-refractivity contribution in [1.29, 1.82) is 0 Å². The van der Waals surface area contributed by atoms with E-state index in [4.69, 9.17) is 27.9 Å². The highest BCUT2D eigenvalue weighted by molar-refractivity contribution is 7.89. The molecule has 1 amide bonds. The van der Waals surface area contributed by atoms with Gasteiger partial charge in [-0.2, -0.15) is 4.31 Å². The van der Waals surface area contributed by atoms with Gasteiger partial charge < -0.3 is 14.6 Å². The standard InChI is InChI=1S/C19H25Cl2N3O4S/c1-6-24(7-2)29(26,27)13-8-9-17(28-12(3)4)15(10-13)22-19(25)16-11-14(20)18(21)23(16)5/h8-12H,6-7H2,1-5H3,(H,22,25). The van der Waals surface area contributed by atoms with Crippen LogP contribution < -0.4 is 10.1 Å². The van der Waals surface area contributed by atoms with Gasteiger partial charge in [0.2, 0.25) is 10.0 Å². The highest BCUT2D eigenvalue weighted by Gasteiger charge is 2.24. The molecule has 10 heteroatoms. The molecular weight excluding hydrogens is 437 g/mol. The molecule has 0 atom stereocenters. The molecular formula is C19H25Cl2N3O4S. The first-order chi connectivity index (χ1) is 13.5. The van der Waals surface area contributed by atoms with E-state index in [2.05, 4.69) is 5.32 Å². The Morgan fingerprint density at radius 1 is 1.21 bits per heavy atom. The normalized spacial score (nSPS) is 11.9. The number of hydrogen-bond acceptors (Lipinski definition) is 4. The third-order valence-corrected chi connectivity index (χ3v) is 7.14. The maximum Gasteiger partial charge on any atom is 0.272 e. The average Bonchev–Trinajstić information content (AvgIpc) is 2.91. The molecule has 1 aromatic heterocycles. The summed E-state index contributed by atoms with van der Waals surface area (Å²) in [6, 6.07) is 5.85. The van der Waals surface area contributed by atoms with E-state index in [1.807, 2.05) is 13.8 Å². The van der Waals surface area contributed by atoms with Crippen molar-refractivity contribution in [2.75, 3.05) is 18.4 Å². The van der Waals surface area contributed by atoms with Crippen molar-refractivity contribution in [3.05, 3.63) is 40.1 Å². The molecule has 1 heterocycles. The number of hydrogen-bond donors (Lipinski definition) is 1. The summed E-state index contributed by atoms with van der Waals surface area (Å²) in [5.74, 6) is -0.134. The third kappa shape index (κ3) is 5.06. The monoisotopic (exact) mass is 461 g/mol. The van der Waals surface area contributed by atoms with Gasteiger partial charge in [0.15, 0.2) is 0 Å². The SMILES string of the molecule is CCN(CC)S(=O)(=O)c1ccc(OC(C)C)c(NC(=O)c2cc(Cl)c(Cl)n2C)c1. The Morgan fingerprint density at radius 3 is 2.31 bits per heavy atom. The van der Waals surface area contributed by atoms with Crippen LogP contribution in [0.4, 0.5) is 5.69 Å². The second-order valence-corrected chi connectivity index (χ2v) is 9.30. The van der Waals surface area contributed by atoms with Crippen LogP contribution in [-0.4, -0.2) is 42.4 Å². The first kappa shape index (κ1) is 23.5. The molecule has 0 unspecified atom stereocenters. The van der Waals surface area contributed by atoms with Crippen molar-refractivity contribution in [2.24, 2.45) is 7.05 Å². The van der Waals surface area contributed by atoms with Crippen LogP contribution in [-0.2, 0) is 17.1 Å². The Hall–Kier alpha value is -1.74. The van der Waals surface area contributed by atoms with Crippen molar-refractivity contribution < 1.29 is 17.9 Å². The smallest absolute Gasteiger partial charge is 0.272 e. The van der Waals surface area contributed by atoms with Gasteiger partial charge in [0.1, 0.15) is 16.6 Å². The quantitative estimate of drug-likeness (QED) is 0.631. The number of anilines is 1. The molecule has 0 aliphatic carbocycles. The van der Waals surface area contributed by atoms with Crippen LogP contribution in [0.1, 0.15) is 38.2 Å². The zero-order valence-electron chi connectivity index (χ0n) is 17.0. The highest BCUT2D eigenvalue weighted by Crippen LogP contribution is 2.31. The molecule has 2 rings (SSSR count). The van der Waals surface area contributed by atoms with Gasteiger partial charge in [0, 0.05) is 20.1 Å². The maximum atomic E-state index is 12.9. The lowest BCUT2D eigenvalue weighted by molar-refractivity contribution is 0.101. The summed E-state index contributed by atoms with van der Waals surface area (Å²) in [6.45, 7) is 7.88. The highest BCUT2D eigenvalue weighted by atomic mass is 35.5. The minimum absolute atomic E-state index is 0.0653. The van der Waals surface area contributed by atoms with Crippen LogP contribution in [0.25, 0.3) is 0 Å². The molecule has 1 N–H and O–H groups in total. The lowest BCUT2D eigenvalue weighted by Crippen LogP contribution is -2.30. The number of nitrogens with zero attached hydrogens (tertiary/aromatic N) is 2. The summed E-state index contributed by atoms with van der Waals surface area (Å²) in [4.78, 5) is 12.8. The van der Waals surface area contributed by atoms with Gasteiger partial charge in [-0.25, -0.2) is 8.42 Å². The van der Waals surface area contributed by atoms with Gasteiger partial charge in [-0.15, -0.1) is 0 Å². The number of carbonyl (C=O) groups excluding carboxylic acids is 1. The van der Waals surface area contributed by atoms with Crippen molar-refractivity contribution in [1.82, 2.24) is 8.87 Å². The molecule has 0 aliphatic rings. The molecule has 0 radical (unpaired) electrons. The summed E-state index contributed by atoms with van der Waals surface area (Å²) in [5.41, 5.74) is 0.470. The molecule has 0 spiro atoms. The number of benzene rings is 1. The van der Waals surface area contributed by atoms with E-state index in [1.54, 1.807) is 20.9 Å². The molecule has 7 nitrogen and oxygen atoms in total. The average molecular weight is 462 g/mol. The number of ether oxygens (including phenoxy) is 1. The molecule has 29 heavy (non-hydrogen) atoms. The predicted octanol–water partition coefficient (Wildman–Crippen LogP) is 4.40. The molecule has 0 saturated heterocycles. The first-order valence-electron chi connectivity index (χ1n) is 9.15. The van der Waals surface area contributed by atoms with Crippen LogP contribution in [0.3, 0.4) is 0 Å². The minimum atomic E-state index is -3.70. The Bertz CT molecular complexity index is 999. The zero-order valence-corrected chi connectivity index (χ0v) is 19.3.